The zero-order valence-electron chi connectivity index (χ0n) is 18.0. The Morgan fingerprint density at radius 2 is 1.68 bits per heavy atom. The van der Waals surface area contributed by atoms with E-state index in [4.69, 9.17) is 14.6 Å². The average molecular weight is 450 g/mol. The maximum absolute atomic E-state index is 13.2. The number of carboxylic acids is 1. The third kappa shape index (κ3) is 7.47. The van der Waals surface area contributed by atoms with Crippen molar-refractivity contribution in [2.75, 3.05) is 38.8 Å². The second kappa shape index (κ2) is 12.2. The van der Waals surface area contributed by atoms with Gasteiger partial charge in [0.1, 0.15) is 17.3 Å². The highest BCUT2D eigenvalue weighted by molar-refractivity contribution is 7.99. The van der Waals surface area contributed by atoms with Gasteiger partial charge in [0.2, 0.25) is 0 Å². The summed E-state index contributed by atoms with van der Waals surface area (Å²) in [5, 5.41) is 8.84. The number of carboxylic acid groups (broad SMARTS) is 1. The first-order valence-corrected chi connectivity index (χ1v) is 11.1. The number of rotatable bonds is 12. The molecule has 0 heterocycles. The molecule has 0 aliphatic carbocycles. The molecule has 2 aromatic carbocycles. The van der Waals surface area contributed by atoms with E-state index >= 15 is 0 Å². The first-order chi connectivity index (χ1) is 14.8. The number of hydrogen-bond acceptors (Lipinski definition) is 5. The molecule has 0 fully saturated rings. The molecule has 8 heteroatoms. The predicted octanol–water partition coefficient (Wildman–Crippen LogP) is 4.04. The van der Waals surface area contributed by atoms with Crippen LogP contribution in [0.4, 0.5) is 4.39 Å². The van der Waals surface area contributed by atoms with Gasteiger partial charge >= 0.3 is 5.97 Å². The van der Waals surface area contributed by atoms with Gasteiger partial charge in [-0.25, -0.2) is 4.39 Å². The number of methoxy groups -OCH3 is 2. The number of halogens is 1. The first-order valence-electron chi connectivity index (χ1n) is 9.91. The SMILES string of the molecule is COc1cc(C(=O)N(CCCc2ccc(F)cc2)CCSCC(=O)O)cc(OC)c1C. The normalized spacial score (nSPS) is 10.6. The number of benzene rings is 2. The lowest BCUT2D eigenvalue weighted by molar-refractivity contribution is -0.133. The standard InChI is InChI=1S/C23H28FNO5S/c1-16-20(29-2)13-18(14-21(16)30-3)23(28)25(11-12-31-15-22(26)27)10-4-5-17-6-8-19(24)9-7-17/h6-9,13-14H,4-5,10-12,15H2,1-3H3,(H,26,27). The van der Waals surface area contributed by atoms with Crippen LogP contribution < -0.4 is 9.47 Å². The molecule has 168 valence electrons. The van der Waals surface area contributed by atoms with Crippen LogP contribution in [0.3, 0.4) is 0 Å². The van der Waals surface area contributed by atoms with Crippen molar-refractivity contribution in [3.8, 4) is 11.5 Å². The summed E-state index contributed by atoms with van der Waals surface area (Å²) in [6, 6.07) is 9.70. The Hall–Kier alpha value is -2.74. The van der Waals surface area contributed by atoms with Crippen molar-refractivity contribution in [2.24, 2.45) is 0 Å². The van der Waals surface area contributed by atoms with Crippen LogP contribution in [-0.2, 0) is 11.2 Å². The maximum Gasteiger partial charge on any atom is 0.313 e. The van der Waals surface area contributed by atoms with Crippen LogP contribution in [0.2, 0.25) is 0 Å². The third-order valence-electron chi connectivity index (χ3n) is 4.82. The van der Waals surface area contributed by atoms with E-state index in [2.05, 4.69) is 0 Å². The van der Waals surface area contributed by atoms with Crippen molar-refractivity contribution < 1.29 is 28.6 Å². The molecule has 0 aliphatic heterocycles. The van der Waals surface area contributed by atoms with Gasteiger partial charge in [0.15, 0.2) is 0 Å². The molecule has 1 amide bonds. The quantitative estimate of drug-likeness (QED) is 0.493. The fraction of sp³-hybridized carbons (Fsp3) is 0.391. The summed E-state index contributed by atoms with van der Waals surface area (Å²) in [5.41, 5.74) is 2.25. The van der Waals surface area contributed by atoms with Gasteiger partial charge in [-0.2, -0.15) is 0 Å². The molecule has 0 saturated carbocycles. The number of amides is 1. The highest BCUT2D eigenvalue weighted by Crippen LogP contribution is 2.30. The van der Waals surface area contributed by atoms with Crippen LogP contribution in [0.25, 0.3) is 0 Å². The smallest absolute Gasteiger partial charge is 0.313 e. The number of aliphatic carboxylic acids is 1. The van der Waals surface area contributed by atoms with Crippen LogP contribution in [0.15, 0.2) is 36.4 Å². The number of carbonyl (C=O) groups excluding carboxylic acids is 1. The molecule has 0 saturated heterocycles. The molecule has 6 nitrogen and oxygen atoms in total. The van der Waals surface area contributed by atoms with Gasteiger partial charge < -0.3 is 19.5 Å². The third-order valence-corrected chi connectivity index (χ3v) is 5.75. The fourth-order valence-corrected chi connectivity index (χ4v) is 3.83. The second-order valence-corrected chi connectivity index (χ2v) is 8.08. The molecule has 0 aliphatic rings. The molecule has 0 bridgehead atoms. The fourth-order valence-electron chi connectivity index (χ4n) is 3.17. The molecule has 2 aromatic rings. The number of hydrogen-bond donors (Lipinski definition) is 1. The Kier molecular flexibility index (Phi) is 9.65. The van der Waals surface area contributed by atoms with Crippen molar-refractivity contribution in [3.63, 3.8) is 0 Å². The van der Waals surface area contributed by atoms with Gasteiger partial charge in [-0.3, -0.25) is 9.59 Å². The van der Waals surface area contributed by atoms with Crippen LogP contribution in [-0.4, -0.2) is 60.7 Å². The number of nitrogens with zero attached hydrogens (tertiary/aromatic N) is 1. The van der Waals surface area contributed by atoms with Crippen LogP contribution in [0.5, 0.6) is 11.5 Å². The van der Waals surface area contributed by atoms with E-state index in [9.17, 15) is 14.0 Å². The van der Waals surface area contributed by atoms with Crippen molar-refractivity contribution in [2.45, 2.75) is 19.8 Å². The van der Waals surface area contributed by atoms with Gasteiger partial charge in [-0.05, 0) is 49.6 Å². The zero-order valence-corrected chi connectivity index (χ0v) is 18.8. The minimum absolute atomic E-state index is 0.0101. The first kappa shape index (κ1) is 24.5. The number of ether oxygens (including phenoxy) is 2. The Bertz CT molecular complexity index is 863. The lowest BCUT2D eigenvalue weighted by Crippen LogP contribution is -2.34. The van der Waals surface area contributed by atoms with E-state index in [1.54, 1.807) is 43.4 Å². The van der Waals surface area contributed by atoms with Crippen molar-refractivity contribution in [3.05, 3.63) is 58.9 Å². The van der Waals surface area contributed by atoms with Gasteiger partial charge in [-0.1, -0.05) is 12.1 Å². The molecule has 0 radical (unpaired) electrons. The molecular weight excluding hydrogens is 421 g/mol. The van der Waals surface area contributed by atoms with E-state index in [1.807, 2.05) is 6.92 Å². The van der Waals surface area contributed by atoms with Gasteiger partial charge in [0.25, 0.3) is 5.91 Å². The van der Waals surface area contributed by atoms with Crippen LogP contribution >= 0.6 is 11.8 Å². The monoisotopic (exact) mass is 449 g/mol. The van der Waals surface area contributed by atoms with Crippen molar-refractivity contribution >= 4 is 23.6 Å². The maximum atomic E-state index is 13.2. The van der Waals surface area contributed by atoms with E-state index < -0.39 is 5.97 Å². The highest BCUT2D eigenvalue weighted by atomic mass is 32.2. The molecular formula is C23H28FNO5S. The van der Waals surface area contributed by atoms with Gasteiger partial charge in [0, 0.05) is 30.0 Å². The summed E-state index contributed by atoms with van der Waals surface area (Å²) in [4.78, 5) is 25.7. The topological polar surface area (TPSA) is 76.1 Å². The molecule has 31 heavy (non-hydrogen) atoms. The van der Waals surface area contributed by atoms with E-state index in [-0.39, 0.29) is 17.5 Å². The summed E-state index contributed by atoms with van der Waals surface area (Å²) in [7, 11) is 3.08. The summed E-state index contributed by atoms with van der Waals surface area (Å²) in [5.74, 6) is 0.291. The average Bonchev–Trinajstić information content (AvgIpc) is 2.76. The predicted molar refractivity (Wildman–Crippen MR) is 120 cm³/mol. The molecule has 0 aromatic heterocycles. The Labute approximate surface area is 186 Å². The zero-order chi connectivity index (χ0) is 22.8. The Balaban J connectivity index is 2.12. The van der Waals surface area contributed by atoms with E-state index in [1.165, 1.54) is 23.9 Å². The Morgan fingerprint density at radius 3 is 2.23 bits per heavy atom. The number of carbonyl (C=O) groups is 2. The summed E-state index contributed by atoms with van der Waals surface area (Å²) >= 11 is 1.27. The number of aryl methyl sites for hydroxylation is 1. The summed E-state index contributed by atoms with van der Waals surface area (Å²) < 4.78 is 23.9. The summed E-state index contributed by atoms with van der Waals surface area (Å²) in [6.45, 7) is 2.76. The van der Waals surface area contributed by atoms with E-state index in [0.29, 0.717) is 48.7 Å². The van der Waals surface area contributed by atoms with Crippen molar-refractivity contribution in [1.29, 1.82) is 0 Å². The number of thioether (sulfide) groups is 1. The summed E-state index contributed by atoms with van der Waals surface area (Å²) in [6.07, 6.45) is 1.40. The highest BCUT2D eigenvalue weighted by Gasteiger charge is 2.19. The molecule has 0 unspecified atom stereocenters. The van der Waals surface area contributed by atoms with Crippen LogP contribution in [0, 0.1) is 12.7 Å². The minimum atomic E-state index is -0.882. The van der Waals surface area contributed by atoms with Crippen LogP contribution in [0.1, 0.15) is 27.9 Å². The molecule has 0 spiro atoms. The van der Waals surface area contributed by atoms with Gasteiger partial charge in [-0.15, -0.1) is 11.8 Å². The Morgan fingerprint density at radius 1 is 1.06 bits per heavy atom. The largest absolute Gasteiger partial charge is 0.496 e. The molecule has 2 rings (SSSR count). The molecule has 0 atom stereocenters. The molecule has 1 N–H and O–H groups in total. The lowest BCUT2D eigenvalue weighted by atomic mass is 10.1. The van der Waals surface area contributed by atoms with E-state index in [0.717, 1.165) is 11.1 Å². The second-order valence-electron chi connectivity index (χ2n) is 6.97. The van der Waals surface area contributed by atoms with Crippen molar-refractivity contribution in [1.82, 2.24) is 4.90 Å². The van der Waals surface area contributed by atoms with Gasteiger partial charge in [0.05, 0.1) is 20.0 Å². The lowest BCUT2D eigenvalue weighted by Gasteiger charge is -2.23. The minimum Gasteiger partial charge on any atom is -0.496 e.